The van der Waals surface area contributed by atoms with Crippen LogP contribution in [0.4, 0.5) is 19.3 Å². The largest absolute Gasteiger partial charge is 0.444 e. The second-order valence-electron chi connectivity index (χ2n) is 6.11. The summed E-state index contributed by atoms with van der Waals surface area (Å²) >= 11 is 0. The molecule has 4 nitrogen and oxygen atoms in total. The van der Waals surface area contributed by atoms with E-state index in [0.29, 0.717) is 5.69 Å². The first kappa shape index (κ1) is 17.7. The van der Waals surface area contributed by atoms with E-state index in [-0.39, 0.29) is 5.75 Å². The number of carbonyl (C=O) groups is 1. The molecule has 0 radical (unpaired) electrons. The minimum Gasteiger partial charge on any atom is -0.444 e. The smallest absolute Gasteiger partial charge is 0.412 e. The van der Waals surface area contributed by atoms with Gasteiger partial charge in [-0.1, -0.05) is 24.3 Å². The Morgan fingerprint density at radius 2 is 1.71 bits per heavy atom. The topological polar surface area (TPSA) is 47.6 Å². The van der Waals surface area contributed by atoms with Crippen molar-refractivity contribution in [3.63, 3.8) is 0 Å². The van der Waals surface area contributed by atoms with Crippen LogP contribution in [0.15, 0.2) is 48.5 Å². The lowest BCUT2D eigenvalue weighted by molar-refractivity contribution is -0.0498. The predicted octanol–water partition coefficient (Wildman–Crippen LogP) is 5.30. The molecule has 0 unspecified atom stereocenters. The lowest BCUT2D eigenvalue weighted by Gasteiger charge is -2.19. The summed E-state index contributed by atoms with van der Waals surface area (Å²) in [4.78, 5) is 11.8. The van der Waals surface area contributed by atoms with Crippen molar-refractivity contribution in [1.82, 2.24) is 0 Å². The van der Waals surface area contributed by atoms with E-state index in [9.17, 15) is 13.6 Å². The summed E-state index contributed by atoms with van der Waals surface area (Å²) in [5, 5.41) is 2.66. The number of alkyl halides is 2. The Hall–Kier alpha value is -2.63. The molecule has 0 aromatic heterocycles. The van der Waals surface area contributed by atoms with Crippen molar-refractivity contribution in [2.75, 3.05) is 5.32 Å². The number of halogens is 2. The molecule has 0 aliphatic heterocycles. The molecule has 0 aliphatic carbocycles. The van der Waals surface area contributed by atoms with E-state index in [4.69, 9.17) is 4.74 Å². The van der Waals surface area contributed by atoms with Gasteiger partial charge in [0.05, 0.1) is 0 Å². The fourth-order valence-electron chi connectivity index (χ4n) is 2.03. The van der Waals surface area contributed by atoms with Gasteiger partial charge in [-0.25, -0.2) is 4.79 Å². The quantitative estimate of drug-likeness (QED) is 0.824. The number of hydrogen-bond donors (Lipinski definition) is 1. The molecule has 0 heterocycles. The Bertz CT molecular complexity index is 694. The summed E-state index contributed by atoms with van der Waals surface area (Å²) in [6, 6.07) is 13.4. The van der Waals surface area contributed by atoms with Gasteiger partial charge in [0.25, 0.3) is 0 Å². The van der Waals surface area contributed by atoms with Gasteiger partial charge in [-0.2, -0.15) is 8.78 Å². The normalized spacial score (nSPS) is 11.2. The Morgan fingerprint density at radius 1 is 1.04 bits per heavy atom. The van der Waals surface area contributed by atoms with Crippen LogP contribution >= 0.6 is 0 Å². The molecule has 0 bridgehead atoms. The van der Waals surface area contributed by atoms with Gasteiger partial charge >= 0.3 is 12.7 Å². The van der Waals surface area contributed by atoms with Crippen LogP contribution in [0.3, 0.4) is 0 Å². The highest BCUT2D eigenvalue weighted by Gasteiger charge is 2.16. The molecule has 2 aromatic carbocycles. The van der Waals surface area contributed by atoms with Crippen LogP contribution in [0.25, 0.3) is 11.1 Å². The number of rotatable bonds is 4. The highest BCUT2D eigenvalue weighted by atomic mass is 19.3. The third-order valence-electron chi connectivity index (χ3n) is 2.92. The molecular weight excluding hydrogens is 316 g/mol. The number of nitrogens with one attached hydrogen (secondary N) is 1. The second kappa shape index (κ2) is 7.29. The van der Waals surface area contributed by atoms with Crippen LogP contribution < -0.4 is 10.1 Å². The van der Waals surface area contributed by atoms with Crippen molar-refractivity contribution in [1.29, 1.82) is 0 Å². The van der Waals surface area contributed by atoms with Gasteiger partial charge in [-0.15, -0.1) is 0 Å². The van der Waals surface area contributed by atoms with Crippen LogP contribution in [0.5, 0.6) is 5.75 Å². The molecular formula is C18H19F2NO3. The first-order valence-corrected chi connectivity index (χ1v) is 7.38. The van der Waals surface area contributed by atoms with E-state index in [0.717, 1.165) is 11.1 Å². The number of ether oxygens (including phenoxy) is 2. The Morgan fingerprint density at radius 3 is 2.29 bits per heavy atom. The third-order valence-corrected chi connectivity index (χ3v) is 2.92. The monoisotopic (exact) mass is 335 g/mol. The van der Waals surface area contributed by atoms with Crippen molar-refractivity contribution in [3.8, 4) is 16.9 Å². The van der Waals surface area contributed by atoms with E-state index in [1.807, 2.05) is 6.07 Å². The van der Waals surface area contributed by atoms with Gasteiger partial charge in [0.1, 0.15) is 11.4 Å². The molecule has 0 atom stereocenters. The highest BCUT2D eigenvalue weighted by Crippen LogP contribution is 2.25. The zero-order valence-corrected chi connectivity index (χ0v) is 13.7. The fraction of sp³-hybridized carbons (Fsp3) is 0.278. The lowest BCUT2D eigenvalue weighted by atomic mass is 10.1. The molecule has 2 rings (SSSR count). The highest BCUT2D eigenvalue weighted by molar-refractivity contribution is 5.86. The molecule has 6 heteroatoms. The average Bonchev–Trinajstić information content (AvgIpc) is 2.45. The van der Waals surface area contributed by atoms with Crippen molar-refractivity contribution in [3.05, 3.63) is 48.5 Å². The van der Waals surface area contributed by atoms with Gasteiger partial charge in [-0.05, 0) is 56.2 Å². The van der Waals surface area contributed by atoms with Crippen molar-refractivity contribution < 1.29 is 23.0 Å². The molecule has 1 amide bonds. The Labute approximate surface area is 139 Å². The third kappa shape index (κ3) is 5.53. The van der Waals surface area contributed by atoms with Gasteiger partial charge < -0.3 is 9.47 Å². The van der Waals surface area contributed by atoms with Crippen molar-refractivity contribution in [2.24, 2.45) is 0 Å². The minimum atomic E-state index is -2.85. The maximum Gasteiger partial charge on any atom is 0.412 e. The maximum atomic E-state index is 12.2. The molecule has 0 saturated carbocycles. The van der Waals surface area contributed by atoms with Crippen LogP contribution in [-0.4, -0.2) is 18.3 Å². The zero-order chi connectivity index (χ0) is 17.7. The molecule has 0 saturated heterocycles. The maximum absolute atomic E-state index is 12.2. The van der Waals surface area contributed by atoms with Crippen LogP contribution in [-0.2, 0) is 4.74 Å². The number of hydrogen-bond acceptors (Lipinski definition) is 3. The molecule has 0 aliphatic rings. The van der Waals surface area contributed by atoms with Crippen LogP contribution in [0.2, 0.25) is 0 Å². The van der Waals surface area contributed by atoms with E-state index in [1.165, 1.54) is 12.1 Å². The molecule has 2 aromatic rings. The van der Waals surface area contributed by atoms with Gasteiger partial charge in [0.2, 0.25) is 0 Å². The van der Waals surface area contributed by atoms with Crippen LogP contribution in [0, 0.1) is 0 Å². The first-order valence-electron chi connectivity index (χ1n) is 7.38. The van der Waals surface area contributed by atoms with Gasteiger partial charge in [-0.3, -0.25) is 5.32 Å². The summed E-state index contributed by atoms with van der Waals surface area (Å²) in [6.45, 7) is 2.50. The minimum absolute atomic E-state index is 0.0942. The molecule has 24 heavy (non-hydrogen) atoms. The van der Waals surface area contributed by atoms with Crippen LogP contribution in [0.1, 0.15) is 20.8 Å². The predicted molar refractivity (Wildman–Crippen MR) is 88.4 cm³/mol. The zero-order valence-electron chi connectivity index (χ0n) is 13.7. The SMILES string of the molecule is CC(C)(C)OC(=O)Nc1cccc(-c2ccc(OC(F)F)cc2)c1. The van der Waals surface area contributed by atoms with Crippen molar-refractivity contribution in [2.45, 2.75) is 33.0 Å². The van der Waals surface area contributed by atoms with Gasteiger partial charge in [0, 0.05) is 5.69 Å². The number of benzene rings is 2. The number of carbonyl (C=O) groups excluding carboxylic acids is 1. The van der Waals surface area contributed by atoms with E-state index in [2.05, 4.69) is 10.1 Å². The summed E-state index contributed by atoms with van der Waals surface area (Å²) in [6.07, 6.45) is -0.541. The second-order valence-corrected chi connectivity index (χ2v) is 6.11. The molecule has 1 N–H and O–H groups in total. The van der Waals surface area contributed by atoms with Crippen molar-refractivity contribution >= 4 is 11.8 Å². The first-order chi connectivity index (χ1) is 11.2. The molecule has 0 fully saturated rings. The average molecular weight is 335 g/mol. The summed E-state index contributed by atoms with van der Waals surface area (Å²) in [7, 11) is 0. The molecule has 0 spiro atoms. The molecule has 128 valence electrons. The van der Waals surface area contributed by atoms with E-state index >= 15 is 0 Å². The summed E-state index contributed by atoms with van der Waals surface area (Å²) in [5.74, 6) is 0.0942. The van der Waals surface area contributed by atoms with E-state index in [1.54, 1.807) is 51.1 Å². The van der Waals surface area contributed by atoms with Gasteiger partial charge in [0.15, 0.2) is 0 Å². The summed E-state index contributed by atoms with van der Waals surface area (Å²) < 4.78 is 33.8. The number of amides is 1. The summed E-state index contributed by atoms with van der Waals surface area (Å²) in [5.41, 5.74) is 1.63. The standard InChI is InChI=1S/C18H19F2NO3/c1-18(2,3)24-17(22)21-14-6-4-5-13(11-14)12-7-9-15(10-8-12)23-16(19)20/h4-11,16H,1-3H3,(H,21,22). The fourth-order valence-corrected chi connectivity index (χ4v) is 2.03. The Balaban J connectivity index is 2.11. The number of anilines is 1. The Kier molecular flexibility index (Phi) is 5.39. The lowest BCUT2D eigenvalue weighted by Crippen LogP contribution is -2.27. The van der Waals surface area contributed by atoms with E-state index < -0.39 is 18.3 Å².